The summed E-state index contributed by atoms with van der Waals surface area (Å²) < 4.78 is 18.6. The van der Waals surface area contributed by atoms with Crippen molar-refractivity contribution in [3.63, 3.8) is 0 Å². The fourth-order valence-electron chi connectivity index (χ4n) is 2.80. The van der Waals surface area contributed by atoms with Crippen molar-refractivity contribution in [2.45, 2.75) is 52.0 Å². The highest BCUT2D eigenvalue weighted by Gasteiger charge is 2.24. The molecular formula is C16H24FNO. The summed E-state index contributed by atoms with van der Waals surface area (Å²) in [5.74, 6) is -0.00555. The minimum Gasteiger partial charge on any atom is -0.494 e. The first kappa shape index (κ1) is 14.2. The zero-order chi connectivity index (χ0) is 13.9. The maximum atomic E-state index is 13.6. The van der Waals surface area contributed by atoms with Crippen LogP contribution in [0.1, 0.15) is 46.0 Å². The van der Waals surface area contributed by atoms with Gasteiger partial charge in [0.2, 0.25) is 0 Å². The molecule has 0 heterocycles. The van der Waals surface area contributed by atoms with Gasteiger partial charge >= 0.3 is 0 Å². The number of halogens is 1. The van der Waals surface area contributed by atoms with Crippen LogP contribution in [0.2, 0.25) is 0 Å². The van der Waals surface area contributed by atoms with E-state index in [1.165, 1.54) is 32.4 Å². The summed E-state index contributed by atoms with van der Waals surface area (Å²) >= 11 is 0. The fourth-order valence-corrected chi connectivity index (χ4v) is 2.80. The number of ether oxygens (including phenoxy) is 1. The SMILES string of the molecule is COc1ccc(NC2CCCC(C)(C)CC2)cc1F. The van der Waals surface area contributed by atoms with E-state index in [4.69, 9.17) is 4.74 Å². The van der Waals surface area contributed by atoms with Gasteiger partial charge in [0.05, 0.1) is 7.11 Å². The first-order valence-corrected chi connectivity index (χ1v) is 7.10. The molecule has 1 aliphatic carbocycles. The largest absolute Gasteiger partial charge is 0.494 e. The van der Waals surface area contributed by atoms with Gasteiger partial charge in [-0.3, -0.25) is 0 Å². The Morgan fingerprint density at radius 2 is 2.05 bits per heavy atom. The van der Waals surface area contributed by atoms with Crippen LogP contribution in [0.15, 0.2) is 18.2 Å². The van der Waals surface area contributed by atoms with E-state index in [2.05, 4.69) is 19.2 Å². The van der Waals surface area contributed by atoms with E-state index < -0.39 is 0 Å². The van der Waals surface area contributed by atoms with E-state index in [0.717, 1.165) is 18.5 Å². The van der Waals surface area contributed by atoms with Crippen molar-refractivity contribution in [3.05, 3.63) is 24.0 Å². The molecule has 1 aliphatic rings. The van der Waals surface area contributed by atoms with Gasteiger partial charge in [0.15, 0.2) is 11.6 Å². The number of methoxy groups -OCH3 is 1. The number of nitrogens with one attached hydrogen (secondary N) is 1. The predicted molar refractivity (Wildman–Crippen MR) is 77.2 cm³/mol. The molecule has 1 unspecified atom stereocenters. The molecule has 0 saturated heterocycles. The topological polar surface area (TPSA) is 21.3 Å². The van der Waals surface area contributed by atoms with E-state index in [-0.39, 0.29) is 5.82 Å². The molecule has 1 N–H and O–H groups in total. The first-order chi connectivity index (χ1) is 9.00. The Bertz CT molecular complexity index is 431. The lowest BCUT2D eigenvalue weighted by Gasteiger charge is -2.22. The van der Waals surface area contributed by atoms with Crippen LogP contribution in [-0.4, -0.2) is 13.2 Å². The van der Waals surface area contributed by atoms with Crippen LogP contribution in [0.3, 0.4) is 0 Å². The van der Waals surface area contributed by atoms with Crippen LogP contribution in [-0.2, 0) is 0 Å². The maximum Gasteiger partial charge on any atom is 0.167 e. The molecule has 1 atom stereocenters. The molecule has 1 aromatic carbocycles. The average Bonchev–Trinajstić information content (AvgIpc) is 2.51. The lowest BCUT2D eigenvalue weighted by atomic mass is 9.85. The highest BCUT2D eigenvalue weighted by Crippen LogP contribution is 2.34. The van der Waals surface area contributed by atoms with Crippen LogP contribution >= 0.6 is 0 Å². The van der Waals surface area contributed by atoms with Crippen LogP contribution in [0.5, 0.6) is 5.75 Å². The van der Waals surface area contributed by atoms with E-state index in [1.807, 2.05) is 6.07 Å². The number of hydrogen-bond acceptors (Lipinski definition) is 2. The molecule has 106 valence electrons. The first-order valence-electron chi connectivity index (χ1n) is 7.10. The zero-order valence-electron chi connectivity index (χ0n) is 12.1. The number of benzene rings is 1. The van der Waals surface area contributed by atoms with Crippen LogP contribution < -0.4 is 10.1 Å². The second-order valence-electron chi connectivity index (χ2n) is 6.29. The van der Waals surface area contributed by atoms with Crippen molar-refractivity contribution >= 4 is 5.69 Å². The summed E-state index contributed by atoms with van der Waals surface area (Å²) in [6.07, 6.45) is 6.06. The second-order valence-corrected chi connectivity index (χ2v) is 6.29. The van der Waals surface area contributed by atoms with Gasteiger partial charge in [0, 0.05) is 17.8 Å². The summed E-state index contributed by atoms with van der Waals surface area (Å²) in [7, 11) is 1.49. The van der Waals surface area contributed by atoms with Crippen LogP contribution in [0.4, 0.5) is 10.1 Å². The molecule has 2 nitrogen and oxygen atoms in total. The molecule has 2 rings (SSSR count). The molecule has 0 aliphatic heterocycles. The number of rotatable bonds is 3. The Morgan fingerprint density at radius 1 is 1.26 bits per heavy atom. The molecular weight excluding hydrogens is 241 g/mol. The van der Waals surface area contributed by atoms with Gasteiger partial charge in [-0.25, -0.2) is 4.39 Å². The van der Waals surface area contributed by atoms with Crippen molar-refractivity contribution in [3.8, 4) is 5.75 Å². The van der Waals surface area contributed by atoms with Gasteiger partial charge in [0.1, 0.15) is 0 Å². The zero-order valence-corrected chi connectivity index (χ0v) is 12.1. The third-order valence-electron chi connectivity index (χ3n) is 4.10. The minimum absolute atomic E-state index is 0.299. The van der Waals surface area contributed by atoms with Crippen LogP contribution in [0.25, 0.3) is 0 Å². The van der Waals surface area contributed by atoms with Gasteiger partial charge < -0.3 is 10.1 Å². The van der Waals surface area contributed by atoms with Crippen molar-refractivity contribution < 1.29 is 9.13 Å². The molecule has 19 heavy (non-hydrogen) atoms. The molecule has 3 heteroatoms. The fraction of sp³-hybridized carbons (Fsp3) is 0.625. The van der Waals surface area contributed by atoms with Crippen molar-refractivity contribution in [2.24, 2.45) is 5.41 Å². The summed E-state index contributed by atoms with van der Waals surface area (Å²) in [5.41, 5.74) is 1.30. The van der Waals surface area contributed by atoms with Crippen molar-refractivity contribution in [2.75, 3.05) is 12.4 Å². The van der Waals surface area contributed by atoms with E-state index in [1.54, 1.807) is 6.07 Å². The minimum atomic E-state index is -0.304. The molecule has 0 radical (unpaired) electrons. The maximum absolute atomic E-state index is 13.6. The van der Waals surface area contributed by atoms with Gasteiger partial charge in [0.25, 0.3) is 0 Å². The summed E-state index contributed by atoms with van der Waals surface area (Å²) in [5, 5.41) is 3.46. The standard InChI is InChI=1S/C16H24FNO/c1-16(2)9-4-5-12(8-10-16)18-13-6-7-15(19-3)14(17)11-13/h6-7,11-12,18H,4-5,8-10H2,1-3H3. The Balaban J connectivity index is 1.99. The highest BCUT2D eigenvalue weighted by molar-refractivity contribution is 5.48. The molecule has 0 spiro atoms. The summed E-state index contributed by atoms with van der Waals surface area (Å²) in [6.45, 7) is 4.67. The predicted octanol–water partition coefficient (Wildman–Crippen LogP) is 4.61. The molecule has 1 fully saturated rings. The van der Waals surface area contributed by atoms with Gasteiger partial charge in [-0.2, -0.15) is 0 Å². The van der Waals surface area contributed by atoms with E-state index in [0.29, 0.717) is 17.2 Å². The molecule has 0 bridgehead atoms. The Morgan fingerprint density at radius 3 is 2.74 bits per heavy atom. The van der Waals surface area contributed by atoms with Crippen molar-refractivity contribution in [1.82, 2.24) is 0 Å². The normalized spacial score (nSPS) is 22.6. The highest BCUT2D eigenvalue weighted by atomic mass is 19.1. The smallest absolute Gasteiger partial charge is 0.167 e. The van der Waals surface area contributed by atoms with Crippen LogP contribution in [0, 0.1) is 11.2 Å². The average molecular weight is 265 g/mol. The molecule has 0 aromatic heterocycles. The Hall–Kier alpha value is -1.25. The van der Waals surface area contributed by atoms with E-state index >= 15 is 0 Å². The third kappa shape index (κ3) is 3.85. The number of anilines is 1. The Kier molecular flexibility index (Phi) is 4.33. The number of hydrogen-bond donors (Lipinski definition) is 1. The summed E-state index contributed by atoms with van der Waals surface area (Å²) in [4.78, 5) is 0. The molecule has 1 aromatic rings. The second kappa shape index (κ2) is 5.81. The summed E-state index contributed by atoms with van der Waals surface area (Å²) in [6, 6.07) is 5.54. The quantitative estimate of drug-likeness (QED) is 0.806. The Labute approximate surface area is 115 Å². The van der Waals surface area contributed by atoms with Gasteiger partial charge in [-0.05, 0) is 43.2 Å². The monoisotopic (exact) mass is 265 g/mol. The molecule has 1 saturated carbocycles. The van der Waals surface area contributed by atoms with Gasteiger partial charge in [-0.1, -0.05) is 20.3 Å². The molecule has 0 amide bonds. The third-order valence-corrected chi connectivity index (χ3v) is 4.10. The lowest BCUT2D eigenvalue weighted by Crippen LogP contribution is -2.19. The van der Waals surface area contributed by atoms with Crippen molar-refractivity contribution in [1.29, 1.82) is 0 Å². The lowest BCUT2D eigenvalue weighted by molar-refractivity contribution is 0.313. The van der Waals surface area contributed by atoms with Gasteiger partial charge in [-0.15, -0.1) is 0 Å². The van der Waals surface area contributed by atoms with E-state index in [9.17, 15) is 4.39 Å².